The molecule has 0 aliphatic carbocycles. The van der Waals surface area contributed by atoms with E-state index in [4.69, 9.17) is 9.47 Å². The maximum absolute atomic E-state index is 13.1. The van der Waals surface area contributed by atoms with Crippen LogP contribution in [0, 0.1) is 0 Å². The average Bonchev–Trinajstić information content (AvgIpc) is 2.98. The van der Waals surface area contributed by atoms with Gasteiger partial charge in [0.25, 0.3) is 11.8 Å². The monoisotopic (exact) mass is 488 g/mol. The summed E-state index contributed by atoms with van der Waals surface area (Å²) >= 11 is 0. The number of hydrogen-bond donors (Lipinski definition) is 1. The van der Waals surface area contributed by atoms with E-state index in [9.17, 15) is 9.59 Å². The molecule has 4 rings (SSSR count). The lowest BCUT2D eigenvalue weighted by Crippen LogP contribution is -2.32. The molecule has 1 aliphatic rings. The molecular formula is C28H32N4O4. The summed E-state index contributed by atoms with van der Waals surface area (Å²) in [4.78, 5) is 33.9. The number of ether oxygens (including phenoxy) is 2. The molecule has 3 aromatic rings. The van der Waals surface area contributed by atoms with Gasteiger partial charge in [0.15, 0.2) is 5.75 Å². The van der Waals surface area contributed by atoms with Gasteiger partial charge >= 0.3 is 0 Å². The fourth-order valence-electron chi connectivity index (χ4n) is 4.18. The SMILES string of the molecule is CCCN(CCC)C(=O)c1ccc(Nc2cc3c(cn2)N(C)C(=O)c2ccccc2O3)c(OCC)c1. The number of amides is 2. The minimum atomic E-state index is -0.161. The Balaban J connectivity index is 1.63. The predicted octanol–water partition coefficient (Wildman–Crippen LogP) is 5.87. The van der Waals surface area contributed by atoms with Crippen LogP contribution in [0.5, 0.6) is 17.2 Å². The molecule has 0 saturated carbocycles. The maximum Gasteiger partial charge on any atom is 0.261 e. The highest BCUT2D eigenvalue weighted by molar-refractivity contribution is 6.09. The second-order valence-corrected chi connectivity index (χ2v) is 8.56. The summed E-state index contributed by atoms with van der Waals surface area (Å²) in [6, 6.07) is 14.3. The Bertz CT molecular complexity index is 1250. The van der Waals surface area contributed by atoms with Crippen LogP contribution < -0.4 is 19.7 Å². The first-order valence-corrected chi connectivity index (χ1v) is 12.3. The van der Waals surface area contributed by atoms with Crippen LogP contribution in [0.25, 0.3) is 0 Å². The van der Waals surface area contributed by atoms with Gasteiger partial charge in [-0.2, -0.15) is 0 Å². The Morgan fingerprint density at radius 1 is 1.06 bits per heavy atom. The number of rotatable bonds is 9. The Kier molecular flexibility index (Phi) is 7.73. The van der Waals surface area contributed by atoms with Crippen molar-refractivity contribution in [2.45, 2.75) is 33.6 Å². The lowest BCUT2D eigenvalue weighted by molar-refractivity contribution is 0.0755. The van der Waals surface area contributed by atoms with Crippen molar-refractivity contribution < 1.29 is 19.1 Å². The first-order chi connectivity index (χ1) is 17.5. The molecule has 0 atom stereocenters. The summed E-state index contributed by atoms with van der Waals surface area (Å²) in [7, 11) is 1.70. The number of nitrogens with zero attached hydrogens (tertiary/aromatic N) is 3. The van der Waals surface area contributed by atoms with Crippen molar-refractivity contribution >= 4 is 29.0 Å². The summed E-state index contributed by atoms with van der Waals surface area (Å²) in [5.74, 6) is 1.92. The molecule has 0 bridgehead atoms. The number of carbonyl (C=O) groups excluding carboxylic acids is 2. The first-order valence-electron chi connectivity index (χ1n) is 12.3. The Labute approximate surface area is 211 Å². The molecule has 0 saturated heterocycles. The quantitative estimate of drug-likeness (QED) is 0.406. The molecule has 1 N–H and O–H groups in total. The molecule has 1 aliphatic heterocycles. The minimum Gasteiger partial charge on any atom is -0.492 e. The molecule has 36 heavy (non-hydrogen) atoms. The van der Waals surface area contributed by atoms with Crippen LogP contribution in [-0.2, 0) is 0 Å². The summed E-state index contributed by atoms with van der Waals surface area (Å²) in [6.45, 7) is 7.92. The van der Waals surface area contributed by atoms with Crippen molar-refractivity contribution in [2.75, 3.05) is 37.0 Å². The summed E-state index contributed by atoms with van der Waals surface area (Å²) in [6.07, 6.45) is 3.41. The maximum atomic E-state index is 13.1. The molecule has 0 radical (unpaired) electrons. The van der Waals surface area contributed by atoms with E-state index >= 15 is 0 Å². The summed E-state index contributed by atoms with van der Waals surface area (Å²) < 4.78 is 12.0. The van der Waals surface area contributed by atoms with Crippen LogP contribution in [0.15, 0.2) is 54.7 Å². The van der Waals surface area contributed by atoms with E-state index in [1.165, 1.54) is 4.90 Å². The van der Waals surface area contributed by atoms with Crippen molar-refractivity contribution in [1.82, 2.24) is 9.88 Å². The highest BCUT2D eigenvalue weighted by atomic mass is 16.5. The van der Waals surface area contributed by atoms with Gasteiger partial charge in [0.1, 0.15) is 23.0 Å². The van der Waals surface area contributed by atoms with Crippen molar-refractivity contribution in [1.29, 1.82) is 0 Å². The molecule has 0 spiro atoms. The van der Waals surface area contributed by atoms with Gasteiger partial charge in [0.2, 0.25) is 0 Å². The molecule has 8 nitrogen and oxygen atoms in total. The smallest absolute Gasteiger partial charge is 0.261 e. The zero-order valence-corrected chi connectivity index (χ0v) is 21.2. The highest BCUT2D eigenvalue weighted by Gasteiger charge is 2.26. The van der Waals surface area contributed by atoms with Crippen LogP contribution >= 0.6 is 0 Å². The first kappa shape index (κ1) is 25.0. The normalized spacial score (nSPS) is 12.2. The van der Waals surface area contributed by atoms with Crippen LogP contribution in [0.1, 0.15) is 54.3 Å². The number of hydrogen-bond acceptors (Lipinski definition) is 6. The second-order valence-electron chi connectivity index (χ2n) is 8.56. The van der Waals surface area contributed by atoms with E-state index in [-0.39, 0.29) is 11.8 Å². The van der Waals surface area contributed by atoms with Gasteiger partial charge < -0.3 is 24.6 Å². The summed E-state index contributed by atoms with van der Waals surface area (Å²) in [5.41, 5.74) is 2.32. The number of anilines is 3. The second kappa shape index (κ2) is 11.1. The standard InChI is InChI=1S/C28H32N4O4/c1-5-14-32(15-6-2)27(33)19-12-13-21(24(16-19)35-7-3)30-26-17-25-22(18-29-26)31(4)28(34)20-10-8-9-11-23(20)36-25/h8-13,16-18H,5-7,14-15H2,1-4H3,(H,29,30). The largest absolute Gasteiger partial charge is 0.492 e. The Hall–Kier alpha value is -4.07. The van der Waals surface area contributed by atoms with Crippen molar-refractivity contribution in [2.24, 2.45) is 0 Å². The minimum absolute atomic E-state index is 0.00544. The number of carbonyl (C=O) groups is 2. The fourth-order valence-corrected chi connectivity index (χ4v) is 4.18. The van der Waals surface area contributed by atoms with Crippen LogP contribution in [0.3, 0.4) is 0 Å². The van der Waals surface area contributed by atoms with Crippen molar-refractivity contribution in [3.8, 4) is 17.2 Å². The molecule has 8 heteroatoms. The molecule has 0 unspecified atom stereocenters. The average molecular weight is 489 g/mol. The lowest BCUT2D eigenvalue weighted by Gasteiger charge is -2.22. The topological polar surface area (TPSA) is 84.0 Å². The van der Waals surface area contributed by atoms with E-state index in [0.717, 1.165) is 25.9 Å². The zero-order chi connectivity index (χ0) is 25.7. The van der Waals surface area contributed by atoms with Crippen molar-refractivity contribution in [3.63, 3.8) is 0 Å². The fraction of sp³-hybridized carbons (Fsp3) is 0.321. The molecule has 2 heterocycles. The molecule has 188 valence electrons. The number of para-hydroxylation sites is 1. The number of benzene rings is 2. The third-order valence-corrected chi connectivity index (χ3v) is 5.91. The number of aromatic nitrogens is 1. The van der Waals surface area contributed by atoms with Gasteiger partial charge in [-0.1, -0.05) is 26.0 Å². The lowest BCUT2D eigenvalue weighted by atomic mass is 10.1. The molecule has 2 amide bonds. The van der Waals surface area contributed by atoms with E-state index < -0.39 is 0 Å². The van der Waals surface area contributed by atoms with E-state index in [2.05, 4.69) is 24.1 Å². The van der Waals surface area contributed by atoms with Gasteiger partial charge in [-0.3, -0.25) is 9.59 Å². The van der Waals surface area contributed by atoms with Crippen LogP contribution in [-0.4, -0.2) is 48.4 Å². The van der Waals surface area contributed by atoms with Gasteiger partial charge in [0, 0.05) is 31.8 Å². The van der Waals surface area contributed by atoms with Crippen LogP contribution in [0.2, 0.25) is 0 Å². The van der Waals surface area contributed by atoms with Gasteiger partial charge in [0.05, 0.1) is 24.1 Å². The van der Waals surface area contributed by atoms with Crippen LogP contribution in [0.4, 0.5) is 17.2 Å². The van der Waals surface area contributed by atoms with Gasteiger partial charge in [-0.15, -0.1) is 0 Å². The van der Waals surface area contributed by atoms with Gasteiger partial charge in [-0.25, -0.2) is 4.98 Å². The third-order valence-electron chi connectivity index (χ3n) is 5.91. The van der Waals surface area contributed by atoms with Gasteiger partial charge in [-0.05, 0) is 50.1 Å². The molecule has 0 fully saturated rings. The predicted molar refractivity (Wildman–Crippen MR) is 141 cm³/mol. The number of pyridine rings is 1. The molecule has 1 aromatic heterocycles. The molecular weight excluding hydrogens is 456 g/mol. The van der Waals surface area contributed by atoms with Crippen molar-refractivity contribution in [3.05, 3.63) is 65.9 Å². The number of fused-ring (bicyclic) bond motifs is 2. The highest BCUT2D eigenvalue weighted by Crippen LogP contribution is 2.40. The third kappa shape index (κ3) is 5.12. The summed E-state index contributed by atoms with van der Waals surface area (Å²) in [5, 5.41) is 3.28. The van der Waals surface area contributed by atoms with E-state index in [1.54, 1.807) is 43.6 Å². The van der Waals surface area contributed by atoms with E-state index in [1.807, 2.05) is 30.0 Å². The van der Waals surface area contributed by atoms with E-state index in [0.29, 0.717) is 52.2 Å². The molecule has 2 aromatic carbocycles. The number of nitrogens with one attached hydrogen (secondary N) is 1. The Morgan fingerprint density at radius 2 is 1.81 bits per heavy atom. The zero-order valence-electron chi connectivity index (χ0n) is 21.2. The Morgan fingerprint density at radius 3 is 2.53 bits per heavy atom.